The standard InChI is InChI=1S/C10H13N3O3/c1-3-16-10(15)7(12-2)8(14)6-4-5-13-9(6)11/h4-5,13-14H,2-3,11H2,1H3/b8-7+. The zero-order chi connectivity index (χ0) is 12.1. The Hall–Kier alpha value is -2.24. The highest BCUT2D eigenvalue weighted by atomic mass is 16.5. The molecule has 0 amide bonds. The Bertz CT molecular complexity index is 434. The number of rotatable bonds is 4. The lowest BCUT2D eigenvalue weighted by molar-refractivity contribution is -0.138. The molecule has 1 aromatic rings. The van der Waals surface area contributed by atoms with E-state index in [2.05, 4.69) is 16.7 Å². The average Bonchev–Trinajstić information content (AvgIpc) is 2.65. The van der Waals surface area contributed by atoms with Gasteiger partial charge in [0.1, 0.15) is 5.82 Å². The number of nitrogens with two attached hydrogens (primary N) is 1. The highest BCUT2D eigenvalue weighted by Crippen LogP contribution is 2.22. The molecule has 16 heavy (non-hydrogen) atoms. The lowest BCUT2D eigenvalue weighted by atomic mass is 10.2. The molecule has 1 aromatic heterocycles. The first-order valence-corrected chi connectivity index (χ1v) is 4.62. The fourth-order valence-corrected chi connectivity index (χ4v) is 1.15. The molecule has 0 fully saturated rings. The van der Waals surface area contributed by atoms with E-state index in [0.717, 1.165) is 0 Å². The van der Waals surface area contributed by atoms with Crippen molar-refractivity contribution in [2.45, 2.75) is 6.92 Å². The topological polar surface area (TPSA) is 101 Å². The van der Waals surface area contributed by atoms with Gasteiger partial charge in [-0.1, -0.05) is 0 Å². The summed E-state index contributed by atoms with van der Waals surface area (Å²) in [6.45, 7) is 5.05. The van der Waals surface area contributed by atoms with Crippen molar-refractivity contribution >= 4 is 24.3 Å². The van der Waals surface area contributed by atoms with Crippen LogP contribution >= 0.6 is 0 Å². The number of carbonyl (C=O) groups is 1. The number of aliphatic hydroxyl groups excluding tert-OH is 1. The molecule has 86 valence electrons. The third kappa shape index (κ3) is 2.22. The van der Waals surface area contributed by atoms with E-state index in [9.17, 15) is 9.90 Å². The zero-order valence-corrected chi connectivity index (χ0v) is 8.86. The lowest BCUT2D eigenvalue weighted by Crippen LogP contribution is -2.08. The summed E-state index contributed by atoms with van der Waals surface area (Å²) in [6, 6.07) is 1.52. The number of nitrogens with one attached hydrogen (secondary N) is 1. The van der Waals surface area contributed by atoms with E-state index >= 15 is 0 Å². The molecule has 0 spiro atoms. The first-order chi connectivity index (χ1) is 7.61. The number of ether oxygens (including phenoxy) is 1. The second-order valence-electron chi connectivity index (χ2n) is 2.88. The van der Waals surface area contributed by atoms with E-state index < -0.39 is 5.97 Å². The molecule has 0 aromatic carbocycles. The molecule has 0 saturated carbocycles. The summed E-state index contributed by atoms with van der Waals surface area (Å²) in [5.74, 6) is -0.856. The van der Waals surface area contributed by atoms with Gasteiger partial charge in [0.25, 0.3) is 0 Å². The molecule has 0 atom stereocenters. The summed E-state index contributed by atoms with van der Waals surface area (Å²) in [6.07, 6.45) is 1.53. The van der Waals surface area contributed by atoms with Crippen LogP contribution in [0.5, 0.6) is 0 Å². The second-order valence-corrected chi connectivity index (χ2v) is 2.88. The number of hydrogen-bond acceptors (Lipinski definition) is 5. The van der Waals surface area contributed by atoms with E-state index in [-0.39, 0.29) is 29.4 Å². The van der Waals surface area contributed by atoms with Gasteiger partial charge in [0.15, 0.2) is 11.5 Å². The van der Waals surface area contributed by atoms with Gasteiger partial charge in [0.05, 0.1) is 12.2 Å². The van der Waals surface area contributed by atoms with Gasteiger partial charge in [-0.3, -0.25) is 4.99 Å². The van der Waals surface area contributed by atoms with Crippen LogP contribution < -0.4 is 5.73 Å². The molecule has 6 heteroatoms. The number of esters is 1. The van der Waals surface area contributed by atoms with Crippen LogP contribution in [0.3, 0.4) is 0 Å². The first-order valence-electron chi connectivity index (χ1n) is 4.62. The highest BCUT2D eigenvalue weighted by molar-refractivity contribution is 5.97. The second kappa shape index (κ2) is 5.01. The minimum atomic E-state index is -0.740. The number of nitrogen functional groups attached to an aromatic ring is 1. The summed E-state index contributed by atoms with van der Waals surface area (Å²) in [5.41, 5.74) is 5.58. The molecular formula is C10H13N3O3. The highest BCUT2D eigenvalue weighted by Gasteiger charge is 2.18. The van der Waals surface area contributed by atoms with E-state index in [1.54, 1.807) is 6.92 Å². The van der Waals surface area contributed by atoms with Gasteiger partial charge >= 0.3 is 5.97 Å². The van der Waals surface area contributed by atoms with Crippen LogP contribution in [-0.4, -0.2) is 29.4 Å². The van der Waals surface area contributed by atoms with Gasteiger partial charge < -0.3 is 20.6 Å². The smallest absolute Gasteiger partial charge is 0.360 e. The monoisotopic (exact) mass is 223 g/mol. The Kier molecular flexibility index (Phi) is 3.71. The zero-order valence-electron chi connectivity index (χ0n) is 8.86. The summed E-state index contributed by atoms with van der Waals surface area (Å²) >= 11 is 0. The van der Waals surface area contributed by atoms with Crippen LogP contribution in [0.25, 0.3) is 5.76 Å². The van der Waals surface area contributed by atoms with E-state index in [1.807, 2.05) is 0 Å². The molecule has 1 heterocycles. The van der Waals surface area contributed by atoms with Gasteiger partial charge in [-0.25, -0.2) is 4.79 Å². The fourth-order valence-electron chi connectivity index (χ4n) is 1.15. The lowest BCUT2D eigenvalue weighted by Gasteiger charge is -2.05. The number of nitrogens with zero attached hydrogens (tertiary/aromatic N) is 1. The maximum absolute atomic E-state index is 11.4. The Morgan fingerprint density at radius 2 is 2.44 bits per heavy atom. The maximum atomic E-state index is 11.4. The Balaban J connectivity index is 3.14. The minimum absolute atomic E-state index is 0.188. The number of aliphatic hydroxyl groups is 1. The van der Waals surface area contributed by atoms with Gasteiger partial charge in [-0.2, -0.15) is 0 Å². The summed E-state index contributed by atoms with van der Waals surface area (Å²) in [4.78, 5) is 17.5. The van der Waals surface area contributed by atoms with Crippen molar-refractivity contribution in [1.29, 1.82) is 0 Å². The Morgan fingerprint density at radius 3 is 2.88 bits per heavy atom. The van der Waals surface area contributed by atoms with Crippen molar-refractivity contribution in [1.82, 2.24) is 4.98 Å². The molecule has 0 aliphatic carbocycles. The Labute approximate surface area is 92.4 Å². The number of aromatic nitrogens is 1. The third-order valence-corrected chi connectivity index (χ3v) is 1.89. The fraction of sp³-hybridized carbons (Fsp3) is 0.200. The van der Waals surface area contributed by atoms with Gasteiger partial charge in [0.2, 0.25) is 0 Å². The quantitative estimate of drug-likeness (QED) is 0.308. The van der Waals surface area contributed by atoms with Crippen molar-refractivity contribution < 1.29 is 14.6 Å². The number of aromatic amines is 1. The van der Waals surface area contributed by atoms with E-state index in [0.29, 0.717) is 0 Å². The summed E-state index contributed by atoms with van der Waals surface area (Å²) < 4.78 is 4.71. The van der Waals surface area contributed by atoms with Crippen molar-refractivity contribution in [3.63, 3.8) is 0 Å². The van der Waals surface area contributed by atoms with Gasteiger partial charge in [0, 0.05) is 6.20 Å². The predicted molar refractivity (Wildman–Crippen MR) is 60.9 cm³/mol. The van der Waals surface area contributed by atoms with Crippen LogP contribution in [0.4, 0.5) is 5.82 Å². The van der Waals surface area contributed by atoms with E-state index in [4.69, 9.17) is 10.5 Å². The summed E-state index contributed by atoms with van der Waals surface area (Å²) in [7, 11) is 0. The van der Waals surface area contributed by atoms with Crippen molar-refractivity contribution in [2.24, 2.45) is 4.99 Å². The molecule has 0 aliphatic rings. The molecule has 4 N–H and O–H groups in total. The van der Waals surface area contributed by atoms with Gasteiger partial charge in [-0.15, -0.1) is 0 Å². The molecule has 1 rings (SSSR count). The number of H-pyrrole nitrogens is 1. The average molecular weight is 223 g/mol. The molecular weight excluding hydrogens is 210 g/mol. The number of carbonyl (C=O) groups excluding carboxylic acids is 1. The number of aliphatic imine (C=N–C) groups is 1. The largest absolute Gasteiger partial charge is 0.505 e. The molecule has 0 bridgehead atoms. The van der Waals surface area contributed by atoms with Gasteiger partial charge in [-0.05, 0) is 19.7 Å². The van der Waals surface area contributed by atoms with Crippen molar-refractivity contribution in [3.05, 3.63) is 23.5 Å². The molecule has 0 unspecified atom stereocenters. The van der Waals surface area contributed by atoms with Crippen LogP contribution in [-0.2, 0) is 9.53 Å². The molecule has 0 saturated heterocycles. The third-order valence-electron chi connectivity index (χ3n) is 1.89. The van der Waals surface area contributed by atoms with E-state index in [1.165, 1.54) is 12.3 Å². The molecule has 0 radical (unpaired) electrons. The van der Waals surface area contributed by atoms with Crippen molar-refractivity contribution in [2.75, 3.05) is 12.3 Å². The molecule has 0 aliphatic heterocycles. The first kappa shape index (κ1) is 11.8. The van der Waals surface area contributed by atoms with Crippen LogP contribution in [0.15, 0.2) is 23.0 Å². The Morgan fingerprint density at radius 1 is 1.75 bits per heavy atom. The molecule has 6 nitrogen and oxygen atoms in total. The summed E-state index contributed by atoms with van der Waals surface area (Å²) in [5, 5.41) is 9.79. The van der Waals surface area contributed by atoms with Crippen LogP contribution in [0.1, 0.15) is 12.5 Å². The normalized spacial score (nSPS) is 11.8. The minimum Gasteiger partial charge on any atom is -0.505 e. The van der Waals surface area contributed by atoms with Crippen LogP contribution in [0, 0.1) is 0 Å². The maximum Gasteiger partial charge on any atom is 0.360 e. The SMILES string of the molecule is C=N/C(C(=O)OCC)=C(/O)c1cc[nH]c1N. The number of hydrogen-bond donors (Lipinski definition) is 3. The van der Waals surface area contributed by atoms with Crippen LogP contribution in [0.2, 0.25) is 0 Å². The van der Waals surface area contributed by atoms with Crippen molar-refractivity contribution in [3.8, 4) is 0 Å². The predicted octanol–water partition coefficient (Wildman–Crippen LogP) is 1.09. The number of anilines is 1.